The second-order valence-corrected chi connectivity index (χ2v) is 3.74. The van der Waals surface area contributed by atoms with Crippen molar-refractivity contribution in [3.63, 3.8) is 0 Å². The molecule has 0 saturated heterocycles. The van der Waals surface area contributed by atoms with Crippen molar-refractivity contribution in [2.45, 2.75) is 13.3 Å². The topological polar surface area (TPSA) is 17.1 Å². The van der Waals surface area contributed by atoms with Crippen LogP contribution in [0.5, 0.6) is 0 Å². The van der Waals surface area contributed by atoms with Crippen molar-refractivity contribution in [1.29, 1.82) is 0 Å². The fourth-order valence-electron chi connectivity index (χ4n) is 1.09. The minimum Gasteiger partial charge on any atom is -0.293 e. The molecule has 0 atom stereocenters. The standard InChI is InChI=1S/C11H9BrO/c1-3-4-11(13)9-5-8(2)6-10(12)7-9/h1,5-7H,4H2,2H3. The molecular weight excluding hydrogens is 228 g/mol. The number of carbonyl (C=O) groups excluding carboxylic acids is 1. The van der Waals surface area contributed by atoms with Crippen LogP contribution in [0.3, 0.4) is 0 Å². The van der Waals surface area contributed by atoms with E-state index in [0.717, 1.165) is 10.0 Å². The Labute approximate surface area is 86.3 Å². The maximum Gasteiger partial charge on any atom is 0.174 e. The zero-order chi connectivity index (χ0) is 9.84. The van der Waals surface area contributed by atoms with E-state index in [9.17, 15) is 4.79 Å². The Hall–Kier alpha value is -1.07. The van der Waals surface area contributed by atoms with Gasteiger partial charge in [-0.15, -0.1) is 6.42 Å². The van der Waals surface area contributed by atoms with Gasteiger partial charge in [0.1, 0.15) is 0 Å². The van der Waals surface area contributed by atoms with Gasteiger partial charge in [0.05, 0.1) is 6.42 Å². The van der Waals surface area contributed by atoms with E-state index >= 15 is 0 Å². The molecule has 0 radical (unpaired) electrons. The summed E-state index contributed by atoms with van der Waals surface area (Å²) in [4.78, 5) is 11.4. The van der Waals surface area contributed by atoms with Crippen molar-refractivity contribution in [1.82, 2.24) is 0 Å². The molecular formula is C11H9BrO. The molecule has 66 valence electrons. The molecule has 0 spiro atoms. The van der Waals surface area contributed by atoms with E-state index in [0.29, 0.717) is 5.56 Å². The highest BCUT2D eigenvalue weighted by Gasteiger charge is 2.04. The van der Waals surface area contributed by atoms with E-state index in [1.807, 2.05) is 19.1 Å². The van der Waals surface area contributed by atoms with Gasteiger partial charge >= 0.3 is 0 Å². The molecule has 0 aliphatic rings. The van der Waals surface area contributed by atoms with Crippen molar-refractivity contribution in [2.24, 2.45) is 0 Å². The molecule has 2 heteroatoms. The summed E-state index contributed by atoms with van der Waals surface area (Å²) in [6.07, 6.45) is 5.22. The number of terminal acetylenes is 1. The lowest BCUT2D eigenvalue weighted by molar-refractivity contribution is 0.0998. The van der Waals surface area contributed by atoms with Gasteiger partial charge in [0.25, 0.3) is 0 Å². The largest absolute Gasteiger partial charge is 0.293 e. The molecule has 1 rings (SSSR count). The molecule has 13 heavy (non-hydrogen) atoms. The predicted molar refractivity (Wildman–Crippen MR) is 56.7 cm³/mol. The summed E-state index contributed by atoms with van der Waals surface area (Å²) >= 11 is 3.33. The zero-order valence-electron chi connectivity index (χ0n) is 7.30. The highest BCUT2D eigenvalue weighted by atomic mass is 79.9. The second kappa shape index (κ2) is 4.25. The number of ketones is 1. The summed E-state index contributed by atoms with van der Waals surface area (Å²) < 4.78 is 0.910. The number of Topliss-reactive ketones (excluding diaryl/α,β-unsaturated/α-hetero) is 1. The van der Waals surface area contributed by atoms with Gasteiger partial charge in [-0.25, -0.2) is 0 Å². The summed E-state index contributed by atoms with van der Waals surface area (Å²) in [5.41, 5.74) is 1.72. The molecule has 0 saturated carbocycles. The molecule has 0 aromatic heterocycles. The Kier molecular flexibility index (Phi) is 3.27. The first-order valence-corrected chi connectivity index (χ1v) is 4.66. The van der Waals surface area contributed by atoms with E-state index in [-0.39, 0.29) is 12.2 Å². The molecule has 0 N–H and O–H groups in total. The monoisotopic (exact) mass is 236 g/mol. The van der Waals surface area contributed by atoms with Crippen LogP contribution in [-0.2, 0) is 0 Å². The van der Waals surface area contributed by atoms with Gasteiger partial charge in [-0.3, -0.25) is 4.79 Å². The van der Waals surface area contributed by atoms with E-state index in [1.54, 1.807) is 6.07 Å². The van der Waals surface area contributed by atoms with Crippen LogP contribution in [-0.4, -0.2) is 5.78 Å². The summed E-state index contributed by atoms with van der Waals surface area (Å²) in [7, 11) is 0. The van der Waals surface area contributed by atoms with Crippen LogP contribution in [0.4, 0.5) is 0 Å². The van der Waals surface area contributed by atoms with Crippen LogP contribution in [0, 0.1) is 19.3 Å². The van der Waals surface area contributed by atoms with Crippen LogP contribution in [0.1, 0.15) is 22.3 Å². The first-order valence-electron chi connectivity index (χ1n) is 3.87. The molecule has 0 aliphatic heterocycles. The minimum atomic E-state index is -0.00750. The first kappa shape index (κ1) is 10.0. The molecule has 1 nitrogen and oxygen atoms in total. The van der Waals surface area contributed by atoms with Crippen LogP contribution in [0.2, 0.25) is 0 Å². The van der Waals surface area contributed by atoms with Gasteiger partial charge in [0, 0.05) is 10.0 Å². The highest BCUT2D eigenvalue weighted by molar-refractivity contribution is 9.10. The average Bonchev–Trinajstić information content (AvgIpc) is 2.03. The lowest BCUT2D eigenvalue weighted by Crippen LogP contribution is -1.97. The van der Waals surface area contributed by atoms with Gasteiger partial charge in [-0.1, -0.05) is 21.9 Å². The average molecular weight is 237 g/mol. The van der Waals surface area contributed by atoms with E-state index in [1.165, 1.54) is 0 Å². The third-order valence-electron chi connectivity index (χ3n) is 1.63. The normalized spacial score (nSPS) is 9.31. The van der Waals surface area contributed by atoms with Crippen molar-refractivity contribution in [2.75, 3.05) is 0 Å². The summed E-state index contributed by atoms with van der Waals surface area (Å²) in [5, 5.41) is 0. The van der Waals surface area contributed by atoms with Crippen molar-refractivity contribution in [3.05, 3.63) is 33.8 Å². The van der Waals surface area contributed by atoms with Crippen molar-refractivity contribution < 1.29 is 4.79 Å². The van der Waals surface area contributed by atoms with Gasteiger partial charge in [0.15, 0.2) is 5.78 Å². The minimum absolute atomic E-state index is 0.00750. The third-order valence-corrected chi connectivity index (χ3v) is 2.08. The van der Waals surface area contributed by atoms with Gasteiger partial charge in [0.2, 0.25) is 0 Å². The Morgan fingerprint density at radius 1 is 1.54 bits per heavy atom. The number of aryl methyl sites for hydroxylation is 1. The Bertz CT molecular complexity index is 354. The van der Waals surface area contributed by atoms with Gasteiger partial charge < -0.3 is 0 Å². The highest BCUT2D eigenvalue weighted by Crippen LogP contribution is 2.16. The Morgan fingerprint density at radius 2 is 2.23 bits per heavy atom. The predicted octanol–water partition coefficient (Wildman–Crippen LogP) is 2.96. The fraction of sp³-hybridized carbons (Fsp3) is 0.182. The van der Waals surface area contributed by atoms with Crippen LogP contribution >= 0.6 is 15.9 Å². The molecule has 0 unspecified atom stereocenters. The zero-order valence-corrected chi connectivity index (χ0v) is 8.89. The van der Waals surface area contributed by atoms with Crippen LogP contribution in [0.25, 0.3) is 0 Å². The van der Waals surface area contributed by atoms with E-state index in [4.69, 9.17) is 6.42 Å². The third kappa shape index (κ3) is 2.71. The number of hydrogen-bond acceptors (Lipinski definition) is 1. The van der Waals surface area contributed by atoms with Crippen molar-refractivity contribution >= 4 is 21.7 Å². The van der Waals surface area contributed by atoms with Crippen LogP contribution < -0.4 is 0 Å². The quantitative estimate of drug-likeness (QED) is 0.570. The molecule has 0 amide bonds. The summed E-state index contributed by atoms with van der Waals surface area (Å²) in [5.74, 6) is 2.33. The Balaban J connectivity index is 3.02. The molecule has 0 fully saturated rings. The van der Waals surface area contributed by atoms with Crippen molar-refractivity contribution in [3.8, 4) is 12.3 Å². The number of rotatable bonds is 2. The molecule has 0 bridgehead atoms. The number of halogens is 1. The van der Waals surface area contributed by atoms with Crippen LogP contribution in [0.15, 0.2) is 22.7 Å². The maximum atomic E-state index is 11.4. The molecule has 1 aromatic carbocycles. The van der Waals surface area contributed by atoms with E-state index in [2.05, 4.69) is 21.9 Å². The first-order chi connectivity index (χ1) is 6.13. The van der Waals surface area contributed by atoms with Gasteiger partial charge in [-0.2, -0.15) is 0 Å². The second-order valence-electron chi connectivity index (χ2n) is 2.82. The molecule has 0 heterocycles. The summed E-state index contributed by atoms with van der Waals surface area (Å²) in [6, 6.07) is 5.57. The number of benzene rings is 1. The SMILES string of the molecule is C#CCC(=O)c1cc(C)cc(Br)c1. The molecule has 1 aromatic rings. The smallest absolute Gasteiger partial charge is 0.174 e. The molecule has 0 aliphatic carbocycles. The lowest BCUT2D eigenvalue weighted by atomic mass is 10.1. The summed E-state index contributed by atoms with van der Waals surface area (Å²) in [6.45, 7) is 1.94. The number of hydrogen-bond donors (Lipinski definition) is 0. The Morgan fingerprint density at radius 3 is 2.77 bits per heavy atom. The number of carbonyl (C=O) groups is 1. The maximum absolute atomic E-state index is 11.4. The lowest BCUT2D eigenvalue weighted by Gasteiger charge is -2.00. The van der Waals surface area contributed by atoms with Gasteiger partial charge in [-0.05, 0) is 30.7 Å². The fourth-order valence-corrected chi connectivity index (χ4v) is 1.70. The van der Waals surface area contributed by atoms with E-state index < -0.39 is 0 Å².